The highest BCUT2D eigenvalue weighted by atomic mass is 19.1. The van der Waals surface area contributed by atoms with Gasteiger partial charge in [0.15, 0.2) is 0 Å². The fourth-order valence-corrected chi connectivity index (χ4v) is 1.99. The predicted octanol–water partition coefficient (Wildman–Crippen LogP) is 2.27. The van der Waals surface area contributed by atoms with Gasteiger partial charge < -0.3 is 5.73 Å². The molecule has 1 aromatic carbocycles. The van der Waals surface area contributed by atoms with Crippen LogP contribution in [0.2, 0.25) is 0 Å². The summed E-state index contributed by atoms with van der Waals surface area (Å²) in [6.45, 7) is 3.33. The van der Waals surface area contributed by atoms with Crippen LogP contribution in [0.15, 0.2) is 30.5 Å². The predicted molar refractivity (Wildman–Crippen MR) is 69.8 cm³/mol. The highest BCUT2D eigenvalue weighted by molar-refractivity contribution is 5.20. The van der Waals surface area contributed by atoms with Crippen molar-refractivity contribution in [1.82, 2.24) is 9.78 Å². The Morgan fingerprint density at radius 2 is 2.22 bits per heavy atom. The average Bonchev–Trinajstić information content (AvgIpc) is 2.69. The van der Waals surface area contributed by atoms with Gasteiger partial charge in [0.25, 0.3) is 0 Å². The Kier molecular flexibility index (Phi) is 4.10. The van der Waals surface area contributed by atoms with E-state index in [1.54, 1.807) is 12.1 Å². The Hall–Kier alpha value is -1.68. The van der Waals surface area contributed by atoms with E-state index in [2.05, 4.69) is 5.10 Å². The summed E-state index contributed by atoms with van der Waals surface area (Å²) in [4.78, 5) is 0. The summed E-state index contributed by atoms with van der Waals surface area (Å²) in [7, 11) is 0. The lowest BCUT2D eigenvalue weighted by Crippen LogP contribution is -2.05. The number of aromatic nitrogens is 2. The second-order valence-electron chi connectivity index (χ2n) is 4.44. The molecule has 4 heteroatoms. The molecule has 3 nitrogen and oxygen atoms in total. The van der Waals surface area contributed by atoms with Gasteiger partial charge in [-0.1, -0.05) is 12.1 Å². The molecule has 0 radical (unpaired) electrons. The summed E-state index contributed by atoms with van der Waals surface area (Å²) in [5.74, 6) is -0.208. The van der Waals surface area contributed by atoms with Crippen LogP contribution in [0, 0.1) is 12.7 Å². The molecule has 1 heterocycles. The molecule has 0 amide bonds. The van der Waals surface area contributed by atoms with Crippen molar-refractivity contribution in [3.8, 4) is 0 Å². The number of hydrogen-bond donors (Lipinski definition) is 1. The Morgan fingerprint density at radius 1 is 1.39 bits per heavy atom. The average molecular weight is 247 g/mol. The van der Waals surface area contributed by atoms with Crippen molar-refractivity contribution < 1.29 is 4.39 Å². The van der Waals surface area contributed by atoms with Crippen LogP contribution in [-0.2, 0) is 13.0 Å². The maximum atomic E-state index is 13.1. The molecule has 2 rings (SSSR count). The maximum Gasteiger partial charge on any atom is 0.123 e. The molecule has 0 aliphatic rings. The molecular formula is C14H18FN3. The van der Waals surface area contributed by atoms with Crippen molar-refractivity contribution in [2.24, 2.45) is 5.73 Å². The molecule has 0 aliphatic carbocycles. The van der Waals surface area contributed by atoms with E-state index in [1.165, 1.54) is 11.6 Å². The summed E-state index contributed by atoms with van der Waals surface area (Å²) in [6, 6.07) is 6.62. The molecule has 0 saturated carbocycles. The number of aryl methyl sites for hydroxylation is 1. The molecular weight excluding hydrogens is 229 g/mol. The second-order valence-corrected chi connectivity index (χ2v) is 4.44. The zero-order valence-electron chi connectivity index (χ0n) is 10.6. The molecule has 0 atom stereocenters. The van der Waals surface area contributed by atoms with Gasteiger partial charge in [0, 0.05) is 5.69 Å². The van der Waals surface area contributed by atoms with Crippen molar-refractivity contribution in [1.29, 1.82) is 0 Å². The third-order valence-electron chi connectivity index (χ3n) is 3.08. The van der Waals surface area contributed by atoms with Gasteiger partial charge in [0.1, 0.15) is 5.82 Å². The maximum absolute atomic E-state index is 13.1. The van der Waals surface area contributed by atoms with Crippen LogP contribution in [0.25, 0.3) is 0 Å². The molecule has 0 spiro atoms. The van der Waals surface area contributed by atoms with Crippen LogP contribution in [-0.4, -0.2) is 16.3 Å². The van der Waals surface area contributed by atoms with Gasteiger partial charge in [-0.2, -0.15) is 5.10 Å². The smallest absolute Gasteiger partial charge is 0.123 e. The molecule has 18 heavy (non-hydrogen) atoms. The number of nitrogens with zero attached hydrogens (tertiary/aromatic N) is 2. The van der Waals surface area contributed by atoms with Gasteiger partial charge in [-0.05, 0) is 49.6 Å². The lowest BCUT2D eigenvalue weighted by molar-refractivity contribution is 0.616. The topological polar surface area (TPSA) is 43.8 Å². The van der Waals surface area contributed by atoms with Crippen LogP contribution < -0.4 is 5.73 Å². The normalized spacial score (nSPS) is 10.8. The Bertz CT molecular complexity index is 520. The quantitative estimate of drug-likeness (QED) is 0.880. The molecule has 0 saturated heterocycles. The molecule has 96 valence electrons. The van der Waals surface area contributed by atoms with E-state index in [4.69, 9.17) is 5.73 Å². The zero-order chi connectivity index (χ0) is 13.0. The summed E-state index contributed by atoms with van der Waals surface area (Å²) in [6.07, 6.45) is 3.79. The first-order valence-electron chi connectivity index (χ1n) is 6.16. The van der Waals surface area contributed by atoms with Gasteiger partial charge in [0.2, 0.25) is 0 Å². The van der Waals surface area contributed by atoms with E-state index in [9.17, 15) is 4.39 Å². The van der Waals surface area contributed by atoms with Crippen molar-refractivity contribution in [2.75, 3.05) is 6.54 Å². The number of rotatable bonds is 5. The summed E-state index contributed by atoms with van der Waals surface area (Å²) in [5.41, 5.74) is 8.78. The van der Waals surface area contributed by atoms with Crippen molar-refractivity contribution in [2.45, 2.75) is 26.3 Å². The van der Waals surface area contributed by atoms with Crippen LogP contribution in [0.3, 0.4) is 0 Å². The van der Waals surface area contributed by atoms with E-state index in [0.29, 0.717) is 13.1 Å². The molecule has 2 aromatic rings. The van der Waals surface area contributed by atoms with Gasteiger partial charge in [0.05, 0.1) is 12.7 Å². The van der Waals surface area contributed by atoms with E-state index in [0.717, 1.165) is 24.1 Å². The minimum Gasteiger partial charge on any atom is -0.330 e. The lowest BCUT2D eigenvalue weighted by atomic mass is 10.1. The van der Waals surface area contributed by atoms with E-state index >= 15 is 0 Å². The number of benzene rings is 1. The molecule has 0 aliphatic heterocycles. The van der Waals surface area contributed by atoms with E-state index in [1.807, 2.05) is 23.9 Å². The fourth-order valence-electron chi connectivity index (χ4n) is 1.99. The fraction of sp³-hybridized carbons (Fsp3) is 0.357. The molecule has 2 N–H and O–H groups in total. The largest absolute Gasteiger partial charge is 0.330 e. The van der Waals surface area contributed by atoms with Crippen LogP contribution in [0.4, 0.5) is 4.39 Å². The first-order valence-corrected chi connectivity index (χ1v) is 6.16. The zero-order valence-corrected chi connectivity index (χ0v) is 10.6. The number of halogens is 1. The van der Waals surface area contributed by atoms with Gasteiger partial charge >= 0.3 is 0 Å². The summed E-state index contributed by atoms with van der Waals surface area (Å²) < 4.78 is 15.0. The van der Waals surface area contributed by atoms with Gasteiger partial charge in [-0.15, -0.1) is 0 Å². The van der Waals surface area contributed by atoms with Crippen LogP contribution in [0.5, 0.6) is 0 Å². The second kappa shape index (κ2) is 5.78. The van der Waals surface area contributed by atoms with Crippen molar-refractivity contribution >= 4 is 0 Å². The standard InChI is InChI=1S/C14H18FN3/c1-11-13(5-3-7-16)9-17-18(11)10-12-4-2-6-14(15)8-12/h2,4,6,8-9H,3,5,7,10,16H2,1H3. The minimum atomic E-state index is -0.208. The van der Waals surface area contributed by atoms with E-state index < -0.39 is 0 Å². The van der Waals surface area contributed by atoms with Crippen molar-refractivity contribution in [3.05, 3.63) is 53.1 Å². The molecule has 1 aromatic heterocycles. The van der Waals surface area contributed by atoms with Crippen molar-refractivity contribution in [3.63, 3.8) is 0 Å². The van der Waals surface area contributed by atoms with E-state index in [-0.39, 0.29) is 5.82 Å². The third kappa shape index (κ3) is 2.96. The summed E-state index contributed by atoms with van der Waals surface area (Å²) in [5, 5.41) is 4.35. The number of hydrogen-bond acceptors (Lipinski definition) is 2. The Labute approximate surface area is 106 Å². The monoisotopic (exact) mass is 247 g/mol. The SMILES string of the molecule is Cc1c(CCCN)cnn1Cc1cccc(F)c1. The van der Waals surface area contributed by atoms with Gasteiger partial charge in [-0.25, -0.2) is 4.39 Å². The van der Waals surface area contributed by atoms with Gasteiger partial charge in [-0.3, -0.25) is 4.68 Å². The Morgan fingerprint density at radius 3 is 2.94 bits per heavy atom. The first kappa shape index (κ1) is 12.8. The summed E-state index contributed by atoms with van der Waals surface area (Å²) >= 11 is 0. The minimum absolute atomic E-state index is 0.208. The third-order valence-corrected chi connectivity index (χ3v) is 3.08. The first-order chi connectivity index (χ1) is 8.70. The highest BCUT2D eigenvalue weighted by Gasteiger charge is 2.06. The number of nitrogens with two attached hydrogens (primary N) is 1. The Balaban J connectivity index is 2.12. The molecule has 0 unspecified atom stereocenters. The lowest BCUT2D eigenvalue weighted by Gasteiger charge is -2.06. The highest BCUT2D eigenvalue weighted by Crippen LogP contribution is 2.12. The molecule has 0 fully saturated rings. The van der Waals surface area contributed by atoms with Crippen LogP contribution in [0.1, 0.15) is 23.2 Å². The van der Waals surface area contributed by atoms with Crippen LogP contribution >= 0.6 is 0 Å². The molecule has 0 bridgehead atoms.